The highest BCUT2D eigenvalue weighted by atomic mass is 16.6. The summed E-state index contributed by atoms with van der Waals surface area (Å²) in [6.07, 6.45) is 23.7. The zero-order valence-electron chi connectivity index (χ0n) is 25.5. The molecule has 0 aromatic carbocycles. The van der Waals surface area contributed by atoms with Crippen LogP contribution in [0.1, 0.15) is 46.5 Å². The van der Waals surface area contributed by atoms with Gasteiger partial charge < -0.3 is 4.74 Å². The number of ether oxygens (including phenoxy) is 1. The molecule has 0 aromatic heterocycles. The molecule has 1 aliphatic heterocycles. The molecule has 212 valence electrons. The zero-order valence-corrected chi connectivity index (χ0v) is 25.5. The van der Waals surface area contributed by atoms with Crippen molar-refractivity contribution in [1.82, 2.24) is 0 Å². The maximum Gasteiger partial charge on any atom is 0.321 e. The van der Waals surface area contributed by atoms with Crippen LogP contribution in [0.25, 0.3) is 0 Å². The second-order valence-electron chi connectivity index (χ2n) is 9.62. The predicted molar refractivity (Wildman–Crippen MR) is 179 cm³/mol. The van der Waals surface area contributed by atoms with Crippen LogP contribution < -0.4 is 0 Å². The molecule has 3 fully saturated rings. The Labute approximate surface area is 270 Å². The molecule has 7 unspecified atom stereocenters. The number of rotatable bonds is 0. The summed E-state index contributed by atoms with van der Waals surface area (Å²) in [5.41, 5.74) is 0. The Kier molecular flexibility index (Phi) is 18.5. The van der Waals surface area contributed by atoms with Gasteiger partial charge in [0.25, 0.3) is 0 Å². The normalized spacial score (nSPS) is 22.6. The third-order valence-corrected chi connectivity index (χ3v) is 7.11. The Morgan fingerprint density at radius 3 is 1.42 bits per heavy atom. The van der Waals surface area contributed by atoms with Crippen LogP contribution in [-0.4, -0.2) is 12.1 Å². The lowest BCUT2D eigenvalue weighted by Crippen LogP contribution is -2.32. The molecule has 45 heavy (non-hydrogen) atoms. The van der Waals surface area contributed by atoms with E-state index in [4.69, 9.17) is 30.4 Å². The Hall–Kier alpha value is -6.69. The quantitative estimate of drug-likeness (QED) is 0.324. The van der Waals surface area contributed by atoms with Gasteiger partial charge in [0.15, 0.2) is 0 Å². The van der Waals surface area contributed by atoms with E-state index in [1.54, 1.807) is 6.92 Å². The fraction of sp³-hybridized carbons (Fsp3) is 0.326. The van der Waals surface area contributed by atoms with Gasteiger partial charge in [-0.1, -0.05) is 32.1 Å². The van der Waals surface area contributed by atoms with Crippen molar-refractivity contribution >= 4 is 5.97 Å². The summed E-state index contributed by atoms with van der Waals surface area (Å²) in [5, 5.41) is 0. The molecule has 3 aliphatic rings. The maximum absolute atomic E-state index is 12.5. The van der Waals surface area contributed by atoms with E-state index >= 15 is 0 Å². The van der Waals surface area contributed by atoms with Crippen LogP contribution in [0.15, 0.2) is 0 Å². The third kappa shape index (κ3) is 13.7. The van der Waals surface area contributed by atoms with Crippen LogP contribution >= 0.6 is 0 Å². The Balaban J connectivity index is 0.000000523. The lowest BCUT2D eigenvalue weighted by Gasteiger charge is -2.30. The molecule has 7 atom stereocenters. The molecular formula is C43H28O2. The van der Waals surface area contributed by atoms with Crippen LogP contribution in [0.5, 0.6) is 0 Å². The van der Waals surface area contributed by atoms with Crippen LogP contribution in [0.2, 0.25) is 0 Å². The molecule has 2 saturated carbocycles. The summed E-state index contributed by atoms with van der Waals surface area (Å²) in [4.78, 5) is 12.5. The van der Waals surface area contributed by atoms with Crippen LogP contribution in [-0.2, 0) is 9.53 Å². The van der Waals surface area contributed by atoms with E-state index in [1.807, 2.05) is 0 Å². The average molecular weight is 577 g/mol. The summed E-state index contributed by atoms with van der Waals surface area (Å²) < 4.78 is 5.88. The lowest BCUT2D eigenvalue weighted by atomic mass is 9.77. The van der Waals surface area contributed by atoms with Gasteiger partial charge in [-0.2, -0.15) is 0 Å². The number of fused-ring (bicyclic) bond motifs is 3. The van der Waals surface area contributed by atoms with Gasteiger partial charge >= 0.3 is 5.97 Å². The fourth-order valence-corrected chi connectivity index (χ4v) is 5.38. The monoisotopic (exact) mass is 576 g/mol. The van der Waals surface area contributed by atoms with Gasteiger partial charge in [0, 0.05) is 11.8 Å². The van der Waals surface area contributed by atoms with Gasteiger partial charge in [-0.15, -0.1) is 25.7 Å². The van der Waals surface area contributed by atoms with Crippen LogP contribution in [0.3, 0.4) is 0 Å². The second-order valence-corrected chi connectivity index (χ2v) is 9.62. The van der Waals surface area contributed by atoms with E-state index in [2.05, 4.69) is 156 Å². The molecule has 0 N–H and O–H groups in total. The zero-order chi connectivity index (χ0) is 33.1. The predicted octanol–water partition coefficient (Wildman–Crippen LogP) is 3.80. The number of hydrogen-bond donors (Lipinski definition) is 0. The average Bonchev–Trinajstić information content (AvgIpc) is 3.53. The second kappa shape index (κ2) is 22.9. The van der Waals surface area contributed by atoms with Gasteiger partial charge in [0.1, 0.15) is 12.0 Å². The van der Waals surface area contributed by atoms with E-state index in [0.717, 1.165) is 12.8 Å². The van der Waals surface area contributed by atoms with Gasteiger partial charge in [-0.05, 0) is 174 Å². The molecule has 0 spiro atoms. The molecule has 3 rings (SSSR count). The summed E-state index contributed by atoms with van der Waals surface area (Å²) in [5.74, 6) is 61.1. The molecule has 0 amide bonds. The van der Waals surface area contributed by atoms with Gasteiger partial charge in [0.2, 0.25) is 0 Å². The molecule has 0 aromatic rings. The van der Waals surface area contributed by atoms with E-state index in [0.29, 0.717) is 23.7 Å². The minimum atomic E-state index is -0.365. The molecule has 0 radical (unpaired) electrons. The Morgan fingerprint density at radius 2 is 0.933 bits per heavy atom. The molecule has 2 aliphatic carbocycles. The SMILES string of the molecule is C#CC#CC#C.C#CC#CC#CC#CC#C.CC#CC#CC#CC#CC#CC#CC1C(=O)OC2C1CCC(C)C1CCC(C)C12. The van der Waals surface area contributed by atoms with E-state index in [1.165, 1.54) is 12.8 Å². The van der Waals surface area contributed by atoms with Crippen molar-refractivity contribution in [2.45, 2.75) is 52.6 Å². The summed E-state index contributed by atoms with van der Waals surface area (Å²) in [6.45, 7) is 6.38. The molecule has 2 nitrogen and oxygen atoms in total. The number of carbonyl (C=O) groups is 1. The van der Waals surface area contributed by atoms with Crippen molar-refractivity contribution < 1.29 is 9.53 Å². The molecule has 2 heteroatoms. The molecule has 1 heterocycles. The number of esters is 1. The van der Waals surface area contributed by atoms with Crippen molar-refractivity contribution in [1.29, 1.82) is 0 Å². The first-order chi connectivity index (χ1) is 22.0. The first kappa shape index (κ1) is 36.3. The van der Waals surface area contributed by atoms with Crippen LogP contribution in [0.4, 0.5) is 0 Å². The highest BCUT2D eigenvalue weighted by molar-refractivity contribution is 5.79. The topological polar surface area (TPSA) is 26.3 Å². The standard InChI is InChI=1S/C27H24O2.C10H2.C6H2/c1-4-5-6-7-8-9-10-11-12-13-14-15-24-23-19-16-20(2)22-18-17-21(3)25(22)26(23)29-27(24)28;1-3-5-7-9-10-8-6-4-2;1-3-5-6-4-2/h20-26H,16-19H2,1-3H3;1-2H;1-2H. The molecule has 0 bridgehead atoms. The van der Waals surface area contributed by atoms with Crippen molar-refractivity contribution in [3.63, 3.8) is 0 Å². The van der Waals surface area contributed by atoms with Crippen molar-refractivity contribution in [3.05, 3.63) is 0 Å². The maximum atomic E-state index is 12.5. The van der Waals surface area contributed by atoms with Gasteiger partial charge in [-0.25, -0.2) is 0 Å². The fourth-order valence-electron chi connectivity index (χ4n) is 5.38. The minimum Gasteiger partial charge on any atom is -0.461 e. The minimum absolute atomic E-state index is 0.0239. The van der Waals surface area contributed by atoms with Crippen molar-refractivity contribution in [3.8, 4) is 168 Å². The Morgan fingerprint density at radius 1 is 0.533 bits per heavy atom. The number of terminal acetylenes is 4. The first-order valence-electron chi connectivity index (χ1n) is 13.9. The van der Waals surface area contributed by atoms with E-state index in [-0.39, 0.29) is 23.9 Å². The van der Waals surface area contributed by atoms with Crippen LogP contribution in [0, 0.1) is 203 Å². The van der Waals surface area contributed by atoms with Crippen molar-refractivity contribution in [2.24, 2.45) is 35.5 Å². The Bertz CT molecular complexity index is 1870. The first-order valence-corrected chi connectivity index (χ1v) is 13.9. The lowest BCUT2D eigenvalue weighted by molar-refractivity contribution is -0.146. The summed E-state index contributed by atoms with van der Waals surface area (Å²) in [6, 6.07) is 0. The largest absolute Gasteiger partial charge is 0.461 e. The molecule has 1 saturated heterocycles. The highest BCUT2D eigenvalue weighted by Gasteiger charge is 2.54. The van der Waals surface area contributed by atoms with E-state index < -0.39 is 0 Å². The van der Waals surface area contributed by atoms with Gasteiger partial charge in [-0.3, -0.25) is 4.79 Å². The summed E-state index contributed by atoms with van der Waals surface area (Å²) in [7, 11) is 0. The number of hydrogen-bond acceptors (Lipinski definition) is 2. The number of carbonyl (C=O) groups excluding carboxylic acids is 1. The van der Waals surface area contributed by atoms with Gasteiger partial charge in [0.05, 0.1) is 0 Å². The van der Waals surface area contributed by atoms with E-state index in [9.17, 15) is 4.79 Å². The smallest absolute Gasteiger partial charge is 0.321 e. The third-order valence-electron chi connectivity index (χ3n) is 7.11. The summed E-state index contributed by atoms with van der Waals surface area (Å²) >= 11 is 0. The van der Waals surface area contributed by atoms with Crippen molar-refractivity contribution in [2.75, 3.05) is 0 Å². The molecular weight excluding hydrogens is 548 g/mol. The highest BCUT2D eigenvalue weighted by Crippen LogP contribution is 2.52.